The monoisotopic (exact) mass is 419 g/mol. The van der Waals surface area contributed by atoms with Crippen molar-refractivity contribution >= 4 is 29.1 Å². The molecule has 0 saturated carbocycles. The average Bonchev–Trinajstić information content (AvgIpc) is 3.15. The number of nitrogens with one attached hydrogen (secondary N) is 1. The molecule has 0 atom stereocenters. The Morgan fingerprint density at radius 2 is 1.80 bits per heavy atom. The molecule has 2 aromatic heterocycles. The van der Waals surface area contributed by atoms with E-state index in [1.54, 1.807) is 30.5 Å². The van der Waals surface area contributed by atoms with Gasteiger partial charge in [-0.2, -0.15) is 0 Å². The van der Waals surface area contributed by atoms with Gasteiger partial charge in [0.05, 0.1) is 11.3 Å². The van der Waals surface area contributed by atoms with Gasteiger partial charge in [0.25, 0.3) is 5.91 Å². The number of pyridine rings is 1. The average molecular weight is 420 g/mol. The van der Waals surface area contributed by atoms with Gasteiger partial charge < -0.3 is 14.8 Å². The van der Waals surface area contributed by atoms with Crippen LogP contribution in [0, 0.1) is 0 Å². The molecular weight excluding hydrogens is 402 g/mol. The predicted octanol–water partition coefficient (Wildman–Crippen LogP) is 4.21. The summed E-state index contributed by atoms with van der Waals surface area (Å²) in [6.45, 7) is 0.302. The first kappa shape index (κ1) is 19.7. The molecule has 2 heterocycles. The molecule has 0 bridgehead atoms. The van der Waals surface area contributed by atoms with Crippen LogP contribution in [0.15, 0.2) is 73.1 Å². The van der Waals surface area contributed by atoms with E-state index < -0.39 is 5.97 Å². The van der Waals surface area contributed by atoms with E-state index in [2.05, 4.69) is 10.3 Å². The maximum atomic E-state index is 12.5. The first-order chi connectivity index (χ1) is 14.5. The van der Waals surface area contributed by atoms with Gasteiger partial charge in [0.1, 0.15) is 5.65 Å². The molecule has 0 aliphatic rings. The number of aromatic nitrogens is 2. The third-order valence-corrected chi connectivity index (χ3v) is 5.12. The fourth-order valence-corrected chi connectivity index (χ4v) is 3.35. The number of amides is 1. The van der Waals surface area contributed by atoms with Gasteiger partial charge in [-0.1, -0.05) is 41.9 Å². The number of imidazole rings is 1. The van der Waals surface area contributed by atoms with E-state index in [0.29, 0.717) is 29.2 Å². The van der Waals surface area contributed by atoms with Gasteiger partial charge in [0.15, 0.2) is 0 Å². The highest BCUT2D eigenvalue weighted by atomic mass is 35.5. The number of hydrogen-bond acceptors (Lipinski definition) is 3. The number of halogens is 1. The lowest BCUT2D eigenvalue weighted by Crippen LogP contribution is -2.22. The molecule has 4 rings (SSSR count). The molecule has 6 nitrogen and oxygen atoms in total. The number of benzene rings is 2. The molecule has 0 saturated heterocycles. The first-order valence-corrected chi connectivity index (χ1v) is 9.69. The highest BCUT2D eigenvalue weighted by Gasteiger charge is 2.10. The summed E-state index contributed by atoms with van der Waals surface area (Å²) in [6.07, 6.45) is 4.33. The molecular formula is C23H18ClN3O3. The van der Waals surface area contributed by atoms with E-state index in [1.807, 2.05) is 34.9 Å². The second kappa shape index (κ2) is 8.39. The maximum absolute atomic E-state index is 12.5. The normalized spacial score (nSPS) is 10.8. The number of carbonyl (C=O) groups is 2. The topological polar surface area (TPSA) is 83.7 Å². The quantitative estimate of drug-likeness (QED) is 0.490. The zero-order valence-electron chi connectivity index (χ0n) is 15.9. The number of aromatic carboxylic acids is 1. The van der Waals surface area contributed by atoms with E-state index in [0.717, 1.165) is 16.8 Å². The molecule has 7 heteroatoms. The molecule has 1 amide bonds. The largest absolute Gasteiger partial charge is 0.478 e. The lowest BCUT2D eigenvalue weighted by molar-refractivity contribution is 0.0696. The van der Waals surface area contributed by atoms with E-state index >= 15 is 0 Å². The number of hydrogen-bond donors (Lipinski definition) is 2. The summed E-state index contributed by atoms with van der Waals surface area (Å²) in [6, 6.07) is 17.5. The van der Waals surface area contributed by atoms with E-state index in [1.165, 1.54) is 12.1 Å². The van der Waals surface area contributed by atoms with Crippen LogP contribution < -0.4 is 5.32 Å². The zero-order chi connectivity index (χ0) is 21.1. The summed E-state index contributed by atoms with van der Waals surface area (Å²) in [5.74, 6) is -1.21. The minimum Gasteiger partial charge on any atom is -0.478 e. The lowest BCUT2D eigenvalue weighted by Gasteiger charge is -2.06. The van der Waals surface area contributed by atoms with Crippen molar-refractivity contribution in [1.82, 2.24) is 14.7 Å². The fraction of sp³-hybridized carbons (Fsp3) is 0.0870. The van der Waals surface area contributed by atoms with Crippen LogP contribution in [0.3, 0.4) is 0 Å². The van der Waals surface area contributed by atoms with Crippen LogP contribution in [-0.4, -0.2) is 26.4 Å². The number of carboxylic acids is 1. The number of fused-ring (bicyclic) bond motifs is 1. The molecule has 0 radical (unpaired) electrons. The minimum absolute atomic E-state index is 0.211. The highest BCUT2D eigenvalue weighted by Crippen LogP contribution is 2.19. The Labute approximate surface area is 177 Å². The first-order valence-electron chi connectivity index (χ1n) is 9.31. The number of carbonyl (C=O) groups excluding carboxylic acids is 1. The molecule has 30 heavy (non-hydrogen) atoms. The van der Waals surface area contributed by atoms with Crippen molar-refractivity contribution in [1.29, 1.82) is 0 Å². The van der Waals surface area contributed by atoms with Crippen LogP contribution in [0.4, 0.5) is 0 Å². The summed E-state index contributed by atoms with van der Waals surface area (Å²) in [7, 11) is 0. The Hall–Kier alpha value is -3.64. The van der Waals surface area contributed by atoms with Gasteiger partial charge in [0, 0.05) is 35.9 Å². The number of rotatable bonds is 6. The molecule has 0 aliphatic heterocycles. The minimum atomic E-state index is -0.979. The smallest absolute Gasteiger partial charge is 0.335 e. The van der Waals surface area contributed by atoms with Crippen LogP contribution in [0.1, 0.15) is 37.5 Å². The van der Waals surface area contributed by atoms with Crippen LogP contribution in [-0.2, 0) is 13.0 Å². The van der Waals surface area contributed by atoms with Crippen LogP contribution in [0.2, 0.25) is 5.02 Å². The predicted molar refractivity (Wildman–Crippen MR) is 114 cm³/mol. The van der Waals surface area contributed by atoms with Crippen molar-refractivity contribution in [2.45, 2.75) is 13.0 Å². The van der Waals surface area contributed by atoms with Gasteiger partial charge in [-0.05, 0) is 41.5 Å². The van der Waals surface area contributed by atoms with Gasteiger partial charge in [0.2, 0.25) is 0 Å². The Balaban J connectivity index is 1.45. The third-order valence-electron chi connectivity index (χ3n) is 4.76. The Morgan fingerprint density at radius 1 is 1.03 bits per heavy atom. The fourth-order valence-electron chi connectivity index (χ4n) is 3.15. The Bertz CT molecular complexity index is 1230. The van der Waals surface area contributed by atoms with Crippen molar-refractivity contribution in [2.75, 3.05) is 0 Å². The van der Waals surface area contributed by atoms with Crippen molar-refractivity contribution < 1.29 is 14.7 Å². The van der Waals surface area contributed by atoms with Crippen LogP contribution in [0.5, 0.6) is 0 Å². The molecule has 150 valence electrons. The van der Waals surface area contributed by atoms with Gasteiger partial charge in [-0.15, -0.1) is 0 Å². The molecule has 0 spiro atoms. The zero-order valence-corrected chi connectivity index (χ0v) is 16.6. The summed E-state index contributed by atoms with van der Waals surface area (Å²) >= 11 is 6.23. The van der Waals surface area contributed by atoms with E-state index in [4.69, 9.17) is 16.7 Å². The summed E-state index contributed by atoms with van der Waals surface area (Å²) in [5, 5.41) is 12.5. The molecule has 0 aliphatic carbocycles. The Morgan fingerprint density at radius 3 is 2.53 bits per heavy atom. The summed E-state index contributed by atoms with van der Waals surface area (Å²) in [5.41, 5.74) is 4.06. The number of carboxylic acid groups (broad SMARTS) is 1. The standard InChI is InChI=1S/C23H18ClN3O3/c24-20-4-2-1-3-17(20)11-19-14-27-10-9-18(12-21(27)26-19)22(28)25-13-15-5-7-16(8-6-15)23(29)30/h1-10,12,14H,11,13H2,(H,25,28)(H,29,30). The molecule has 2 N–H and O–H groups in total. The Kier molecular flexibility index (Phi) is 5.50. The second-order valence-electron chi connectivity index (χ2n) is 6.87. The van der Waals surface area contributed by atoms with E-state index in [9.17, 15) is 9.59 Å². The SMILES string of the molecule is O=C(O)c1ccc(CNC(=O)c2ccn3cc(Cc4ccccc4Cl)nc3c2)cc1. The lowest BCUT2D eigenvalue weighted by atomic mass is 10.1. The van der Waals surface area contributed by atoms with Crippen molar-refractivity contribution in [3.05, 3.63) is 106 Å². The highest BCUT2D eigenvalue weighted by molar-refractivity contribution is 6.31. The van der Waals surface area contributed by atoms with Gasteiger partial charge in [-0.3, -0.25) is 4.79 Å². The second-order valence-corrected chi connectivity index (χ2v) is 7.27. The maximum Gasteiger partial charge on any atom is 0.335 e. The molecule has 4 aromatic rings. The van der Waals surface area contributed by atoms with Gasteiger partial charge >= 0.3 is 5.97 Å². The van der Waals surface area contributed by atoms with E-state index in [-0.39, 0.29) is 11.5 Å². The van der Waals surface area contributed by atoms with Crippen molar-refractivity contribution in [3.63, 3.8) is 0 Å². The van der Waals surface area contributed by atoms with Crippen molar-refractivity contribution in [2.24, 2.45) is 0 Å². The number of nitrogens with zero attached hydrogens (tertiary/aromatic N) is 2. The third kappa shape index (κ3) is 4.34. The van der Waals surface area contributed by atoms with Crippen LogP contribution in [0.25, 0.3) is 5.65 Å². The van der Waals surface area contributed by atoms with Gasteiger partial charge in [-0.25, -0.2) is 9.78 Å². The molecule has 0 fully saturated rings. The molecule has 2 aromatic carbocycles. The molecule has 0 unspecified atom stereocenters. The van der Waals surface area contributed by atoms with Crippen molar-refractivity contribution in [3.8, 4) is 0 Å². The van der Waals surface area contributed by atoms with Crippen LogP contribution >= 0.6 is 11.6 Å². The summed E-state index contributed by atoms with van der Waals surface area (Å²) in [4.78, 5) is 28.0. The summed E-state index contributed by atoms with van der Waals surface area (Å²) < 4.78 is 1.87.